The maximum absolute atomic E-state index is 12.1. The summed E-state index contributed by atoms with van der Waals surface area (Å²) in [7, 11) is 0. The van der Waals surface area contributed by atoms with E-state index in [-0.39, 0.29) is 6.03 Å². The van der Waals surface area contributed by atoms with Crippen LogP contribution in [0.15, 0.2) is 24.3 Å². The van der Waals surface area contributed by atoms with Gasteiger partial charge in [0.2, 0.25) is 0 Å². The van der Waals surface area contributed by atoms with Crippen molar-refractivity contribution in [1.29, 1.82) is 0 Å². The number of rotatable bonds is 3. The maximum atomic E-state index is 12.1. The van der Waals surface area contributed by atoms with Crippen LogP contribution < -0.4 is 10.6 Å². The first-order valence-electron chi connectivity index (χ1n) is 7.05. The third-order valence-corrected chi connectivity index (χ3v) is 3.54. The van der Waals surface area contributed by atoms with Gasteiger partial charge in [0.05, 0.1) is 0 Å². The summed E-state index contributed by atoms with van der Waals surface area (Å²) in [6.07, 6.45) is 2.07. The highest BCUT2D eigenvalue weighted by atomic mass is 16.2. The summed E-state index contributed by atoms with van der Waals surface area (Å²) in [4.78, 5) is 14.0. The van der Waals surface area contributed by atoms with Gasteiger partial charge in [-0.05, 0) is 44.0 Å². The maximum Gasteiger partial charge on any atom is 0.321 e. The van der Waals surface area contributed by atoms with Crippen molar-refractivity contribution in [3.8, 4) is 0 Å². The van der Waals surface area contributed by atoms with Gasteiger partial charge in [-0.15, -0.1) is 0 Å². The molecule has 2 amide bonds. The third kappa shape index (κ3) is 3.96. The summed E-state index contributed by atoms with van der Waals surface area (Å²) in [6, 6.07) is 8.48. The number of likely N-dealkylation sites (tertiary alicyclic amines) is 1. The van der Waals surface area contributed by atoms with Crippen LogP contribution in [0.25, 0.3) is 0 Å². The molecule has 0 aromatic heterocycles. The molecule has 4 nitrogen and oxygen atoms in total. The Morgan fingerprint density at radius 3 is 2.74 bits per heavy atom. The fraction of sp³-hybridized carbons (Fsp3) is 0.533. The molecule has 0 unspecified atom stereocenters. The van der Waals surface area contributed by atoms with Gasteiger partial charge in [0, 0.05) is 24.8 Å². The minimum absolute atomic E-state index is 0.0144. The van der Waals surface area contributed by atoms with E-state index in [9.17, 15) is 4.79 Å². The normalized spacial score (nSPS) is 16.4. The predicted molar refractivity (Wildman–Crippen MR) is 78.5 cm³/mol. The smallest absolute Gasteiger partial charge is 0.321 e. The average molecular weight is 261 g/mol. The molecule has 1 aliphatic heterocycles. The van der Waals surface area contributed by atoms with Gasteiger partial charge in [0.15, 0.2) is 0 Å². The molecule has 0 saturated carbocycles. The molecule has 0 aliphatic carbocycles. The number of benzene rings is 1. The molecule has 104 valence electrons. The van der Waals surface area contributed by atoms with E-state index in [1.54, 1.807) is 0 Å². The van der Waals surface area contributed by atoms with Crippen molar-refractivity contribution in [3.05, 3.63) is 29.8 Å². The van der Waals surface area contributed by atoms with E-state index in [1.165, 1.54) is 0 Å². The fourth-order valence-corrected chi connectivity index (χ4v) is 2.50. The van der Waals surface area contributed by atoms with Crippen LogP contribution in [0, 0.1) is 6.92 Å². The molecule has 1 aliphatic rings. The van der Waals surface area contributed by atoms with Gasteiger partial charge < -0.3 is 15.5 Å². The Morgan fingerprint density at radius 2 is 2.11 bits per heavy atom. The van der Waals surface area contributed by atoms with Crippen LogP contribution in [0.5, 0.6) is 0 Å². The highest BCUT2D eigenvalue weighted by Gasteiger charge is 2.21. The summed E-state index contributed by atoms with van der Waals surface area (Å²) in [5.74, 6) is 0. The predicted octanol–water partition coefficient (Wildman–Crippen LogP) is 2.60. The summed E-state index contributed by atoms with van der Waals surface area (Å²) in [5.41, 5.74) is 2.03. The van der Waals surface area contributed by atoms with E-state index < -0.39 is 0 Å². The first kappa shape index (κ1) is 13.9. The van der Waals surface area contributed by atoms with Crippen LogP contribution in [0.2, 0.25) is 0 Å². The third-order valence-electron chi connectivity index (χ3n) is 3.54. The lowest BCUT2D eigenvalue weighted by atomic mass is 10.1. The topological polar surface area (TPSA) is 44.4 Å². The van der Waals surface area contributed by atoms with E-state index in [2.05, 4.69) is 17.6 Å². The molecule has 0 atom stereocenters. The van der Waals surface area contributed by atoms with Crippen LogP contribution >= 0.6 is 0 Å². The summed E-state index contributed by atoms with van der Waals surface area (Å²) >= 11 is 0. The second-order valence-electron chi connectivity index (χ2n) is 5.12. The second kappa shape index (κ2) is 6.57. The molecule has 1 fully saturated rings. The minimum Gasteiger partial charge on any atom is -0.324 e. The second-order valence-corrected chi connectivity index (χ2v) is 5.12. The van der Waals surface area contributed by atoms with Crippen molar-refractivity contribution in [2.75, 3.05) is 25.0 Å². The molecule has 0 radical (unpaired) electrons. The molecule has 1 aromatic carbocycles. The summed E-state index contributed by atoms with van der Waals surface area (Å²) in [5, 5.41) is 6.41. The van der Waals surface area contributed by atoms with Crippen LogP contribution in [0.4, 0.5) is 10.5 Å². The van der Waals surface area contributed by atoms with E-state index in [4.69, 9.17) is 0 Å². The quantitative estimate of drug-likeness (QED) is 0.878. The number of anilines is 1. The first-order valence-corrected chi connectivity index (χ1v) is 7.05. The lowest BCUT2D eigenvalue weighted by Gasteiger charge is -2.32. The number of piperidine rings is 1. The molecule has 0 spiro atoms. The molecule has 2 rings (SSSR count). The largest absolute Gasteiger partial charge is 0.324 e. The number of aryl methyl sites for hydroxylation is 1. The molecular formula is C15H23N3O. The Kier molecular flexibility index (Phi) is 4.80. The Hall–Kier alpha value is -1.55. The van der Waals surface area contributed by atoms with Crippen molar-refractivity contribution in [3.63, 3.8) is 0 Å². The van der Waals surface area contributed by atoms with Crippen LogP contribution in [0.3, 0.4) is 0 Å². The van der Waals surface area contributed by atoms with Gasteiger partial charge in [-0.2, -0.15) is 0 Å². The fourth-order valence-electron chi connectivity index (χ4n) is 2.50. The van der Waals surface area contributed by atoms with Crippen molar-refractivity contribution in [2.45, 2.75) is 32.7 Å². The van der Waals surface area contributed by atoms with Gasteiger partial charge in [-0.25, -0.2) is 4.79 Å². The molecule has 1 saturated heterocycles. The average Bonchev–Trinajstić information content (AvgIpc) is 2.40. The highest BCUT2D eigenvalue weighted by molar-refractivity contribution is 5.89. The van der Waals surface area contributed by atoms with Gasteiger partial charge in [-0.1, -0.05) is 19.1 Å². The number of nitrogens with one attached hydrogen (secondary N) is 2. The van der Waals surface area contributed by atoms with Crippen molar-refractivity contribution in [2.24, 2.45) is 0 Å². The monoisotopic (exact) mass is 261 g/mol. The lowest BCUT2D eigenvalue weighted by molar-refractivity contribution is 0.189. The summed E-state index contributed by atoms with van der Waals surface area (Å²) < 4.78 is 0. The number of carbonyl (C=O) groups is 1. The zero-order chi connectivity index (χ0) is 13.7. The Labute approximate surface area is 115 Å². The Bertz CT molecular complexity index is 425. The number of carbonyl (C=O) groups excluding carboxylic acids is 1. The zero-order valence-electron chi connectivity index (χ0n) is 11.8. The Morgan fingerprint density at radius 1 is 1.37 bits per heavy atom. The number of amides is 2. The van der Waals surface area contributed by atoms with E-state index in [0.29, 0.717) is 6.04 Å². The van der Waals surface area contributed by atoms with Crippen molar-refractivity contribution < 1.29 is 4.79 Å². The van der Waals surface area contributed by atoms with E-state index >= 15 is 0 Å². The van der Waals surface area contributed by atoms with Crippen LogP contribution in [-0.4, -0.2) is 36.6 Å². The van der Waals surface area contributed by atoms with E-state index in [0.717, 1.165) is 43.7 Å². The molecule has 1 heterocycles. The van der Waals surface area contributed by atoms with Gasteiger partial charge in [0.1, 0.15) is 0 Å². The molecule has 1 aromatic rings. The molecule has 2 N–H and O–H groups in total. The number of urea groups is 1. The summed E-state index contributed by atoms with van der Waals surface area (Å²) in [6.45, 7) is 6.80. The lowest BCUT2D eigenvalue weighted by Crippen LogP contribution is -2.46. The van der Waals surface area contributed by atoms with Gasteiger partial charge in [-0.3, -0.25) is 0 Å². The van der Waals surface area contributed by atoms with Crippen molar-refractivity contribution >= 4 is 11.7 Å². The molecule has 4 heteroatoms. The van der Waals surface area contributed by atoms with Crippen LogP contribution in [0.1, 0.15) is 25.3 Å². The molecule has 0 bridgehead atoms. The number of hydrogen-bond donors (Lipinski definition) is 2. The SMILES string of the molecule is CCNC1CCN(C(=O)Nc2cccc(C)c2)CC1. The minimum atomic E-state index is 0.0144. The van der Waals surface area contributed by atoms with Gasteiger partial charge in [0.25, 0.3) is 0 Å². The zero-order valence-corrected chi connectivity index (χ0v) is 11.8. The molecular weight excluding hydrogens is 238 g/mol. The number of hydrogen-bond acceptors (Lipinski definition) is 2. The number of nitrogens with zero attached hydrogens (tertiary/aromatic N) is 1. The van der Waals surface area contributed by atoms with E-state index in [1.807, 2.05) is 36.1 Å². The molecule has 19 heavy (non-hydrogen) atoms. The van der Waals surface area contributed by atoms with Crippen LogP contribution in [-0.2, 0) is 0 Å². The van der Waals surface area contributed by atoms with Gasteiger partial charge >= 0.3 is 6.03 Å². The van der Waals surface area contributed by atoms with Crippen molar-refractivity contribution in [1.82, 2.24) is 10.2 Å². The standard InChI is InChI=1S/C15H23N3O/c1-3-16-13-7-9-18(10-8-13)15(19)17-14-6-4-5-12(2)11-14/h4-6,11,13,16H,3,7-10H2,1-2H3,(H,17,19). The Balaban J connectivity index is 1.84. The first-order chi connectivity index (χ1) is 9.19. The highest BCUT2D eigenvalue weighted by Crippen LogP contribution is 2.14.